The highest BCUT2D eigenvalue weighted by Gasteiger charge is 2.26. The Kier molecular flexibility index (Phi) is 3.45. The van der Waals surface area contributed by atoms with E-state index >= 15 is 0 Å². The van der Waals surface area contributed by atoms with E-state index in [-0.39, 0.29) is 17.6 Å². The summed E-state index contributed by atoms with van der Waals surface area (Å²) in [5.74, 6) is 0.0850. The van der Waals surface area contributed by atoms with Crippen molar-refractivity contribution in [1.82, 2.24) is 9.88 Å². The number of nitrogens with two attached hydrogens (primary N) is 1. The second-order valence-corrected chi connectivity index (χ2v) is 5.69. The first-order valence-corrected chi connectivity index (χ1v) is 6.64. The third kappa shape index (κ3) is 2.53. The van der Waals surface area contributed by atoms with Gasteiger partial charge in [0.1, 0.15) is 0 Å². The highest BCUT2D eigenvalue weighted by molar-refractivity contribution is 8.01. The van der Waals surface area contributed by atoms with Gasteiger partial charge < -0.3 is 5.73 Å². The Hall–Kier alpha value is -1.08. The van der Waals surface area contributed by atoms with Crippen LogP contribution in [0.3, 0.4) is 0 Å². The number of imide groups is 1. The minimum absolute atomic E-state index is 0.0607. The van der Waals surface area contributed by atoms with Crippen LogP contribution in [0.5, 0.6) is 0 Å². The van der Waals surface area contributed by atoms with Gasteiger partial charge in [-0.1, -0.05) is 11.3 Å². The molecule has 2 N–H and O–H groups in total. The zero-order chi connectivity index (χ0) is 11.5. The van der Waals surface area contributed by atoms with Gasteiger partial charge in [-0.05, 0) is 6.42 Å². The van der Waals surface area contributed by atoms with Gasteiger partial charge in [-0.2, -0.15) is 0 Å². The van der Waals surface area contributed by atoms with Crippen LogP contribution in [0.4, 0.5) is 5.13 Å². The molecule has 0 unspecified atom stereocenters. The molecule has 1 fully saturated rings. The molecule has 7 heteroatoms. The zero-order valence-corrected chi connectivity index (χ0v) is 10.1. The van der Waals surface area contributed by atoms with E-state index in [0.29, 0.717) is 18.1 Å². The first-order valence-electron chi connectivity index (χ1n) is 4.84. The van der Waals surface area contributed by atoms with Gasteiger partial charge in [0.15, 0.2) is 5.13 Å². The van der Waals surface area contributed by atoms with E-state index in [9.17, 15) is 9.59 Å². The zero-order valence-electron chi connectivity index (χ0n) is 8.51. The highest BCUT2D eigenvalue weighted by atomic mass is 32.2. The van der Waals surface area contributed by atoms with E-state index in [0.717, 1.165) is 10.6 Å². The van der Waals surface area contributed by atoms with Crippen molar-refractivity contribution in [2.75, 3.05) is 18.0 Å². The number of hydrogen-bond donors (Lipinski definition) is 1. The summed E-state index contributed by atoms with van der Waals surface area (Å²) in [7, 11) is 0. The van der Waals surface area contributed by atoms with Gasteiger partial charge >= 0.3 is 0 Å². The Balaban J connectivity index is 1.86. The molecule has 0 bridgehead atoms. The lowest BCUT2D eigenvalue weighted by Crippen LogP contribution is -2.33. The lowest BCUT2D eigenvalue weighted by molar-refractivity contribution is -0.140. The number of thioether (sulfide) groups is 1. The molecule has 0 spiro atoms. The standard InChI is InChI=1S/C9H11N3O2S2/c10-9-11-4-8(16-9)15-5-7(14)12-3-1-2-6(12)13/h4H,1-3,5H2,(H2,10,11). The van der Waals surface area contributed by atoms with Gasteiger partial charge in [0.25, 0.3) is 0 Å². The van der Waals surface area contributed by atoms with E-state index in [2.05, 4.69) is 4.98 Å². The molecule has 0 radical (unpaired) electrons. The maximum atomic E-state index is 11.7. The molecule has 1 aromatic rings. The Morgan fingerprint density at radius 3 is 3.06 bits per heavy atom. The maximum absolute atomic E-state index is 11.7. The van der Waals surface area contributed by atoms with Crippen molar-refractivity contribution < 1.29 is 9.59 Å². The topological polar surface area (TPSA) is 76.3 Å². The van der Waals surface area contributed by atoms with Gasteiger partial charge in [0, 0.05) is 13.0 Å². The van der Waals surface area contributed by atoms with Crippen LogP contribution < -0.4 is 5.73 Å². The number of thiazole rings is 1. The molecule has 0 saturated carbocycles. The fourth-order valence-electron chi connectivity index (χ4n) is 1.46. The number of hydrogen-bond acceptors (Lipinski definition) is 6. The quantitative estimate of drug-likeness (QED) is 0.816. The Morgan fingerprint density at radius 2 is 2.50 bits per heavy atom. The van der Waals surface area contributed by atoms with Crippen LogP contribution >= 0.6 is 23.1 Å². The molecule has 86 valence electrons. The van der Waals surface area contributed by atoms with Gasteiger partial charge in [0.05, 0.1) is 16.2 Å². The van der Waals surface area contributed by atoms with Gasteiger partial charge in [0.2, 0.25) is 11.8 Å². The monoisotopic (exact) mass is 257 g/mol. The second kappa shape index (κ2) is 4.84. The lowest BCUT2D eigenvalue weighted by Gasteiger charge is -2.12. The van der Waals surface area contributed by atoms with Crippen molar-refractivity contribution in [3.63, 3.8) is 0 Å². The average molecular weight is 257 g/mol. The molecule has 0 aliphatic carbocycles. The number of anilines is 1. The highest BCUT2D eigenvalue weighted by Crippen LogP contribution is 2.26. The summed E-state index contributed by atoms with van der Waals surface area (Å²) < 4.78 is 0.900. The average Bonchev–Trinajstić information content (AvgIpc) is 2.84. The van der Waals surface area contributed by atoms with Crippen LogP contribution in [0.25, 0.3) is 0 Å². The van der Waals surface area contributed by atoms with Crippen LogP contribution in [-0.4, -0.2) is 34.0 Å². The Bertz CT molecular complexity index is 419. The number of nitrogen functional groups attached to an aromatic ring is 1. The van der Waals surface area contributed by atoms with Crippen molar-refractivity contribution in [3.8, 4) is 0 Å². The summed E-state index contributed by atoms with van der Waals surface area (Å²) in [6.45, 7) is 0.559. The molecule has 2 heterocycles. The smallest absolute Gasteiger partial charge is 0.239 e. The SMILES string of the molecule is Nc1ncc(SCC(=O)N2CCCC2=O)s1. The third-order valence-corrected chi connectivity index (χ3v) is 4.22. The lowest BCUT2D eigenvalue weighted by atomic mass is 10.4. The number of carbonyl (C=O) groups excluding carboxylic acids is 2. The van der Waals surface area contributed by atoms with Crippen molar-refractivity contribution in [3.05, 3.63) is 6.20 Å². The Labute approximate surface area is 101 Å². The van der Waals surface area contributed by atoms with Crippen LogP contribution in [0.1, 0.15) is 12.8 Å². The van der Waals surface area contributed by atoms with Gasteiger partial charge in [-0.3, -0.25) is 14.5 Å². The third-order valence-electron chi connectivity index (χ3n) is 2.21. The number of aromatic nitrogens is 1. The molecular weight excluding hydrogens is 246 g/mol. The first-order chi connectivity index (χ1) is 7.66. The summed E-state index contributed by atoms with van der Waals surface area (Å²) in [5.41, 5.74) is 5.47. The summed E-state index contributed by atoms with van der Waals surface area (Å²) >= 11 is 2.72. The molecule has 5 nitrogen and oxygen atoms in total. The molecule has 1 aliphatic heterocycles. The van der Waals surface area contributed by atoms with Crippen molar-refractivity contribution in [2.24, 2.45) is 0 Å². The normalized spacial score (nSPS) is 15.8. The number of carbonyl (C=O) groups is 2. The Morgan fingerprint density at radius 1 is 1.69 bits per heavy atom. The first kappa shape index (κ1) is 11.4. The fraction of sp³-hybridized carbons (Fsp3) is 0.444. The molecule has 16 heavy (non-hydrogen) atoms. The van der Waals surface area contributed by atoms with Crippen LogP contribution in [0.15, 0.2) is 10.4 Å². The van der Waals surface area contributed by atoms with Gasteiger partial charge in [-0.25, -0.2) is 4.98 Å². The molecule has 1 aliphatic rings. The molecular formula is C9H11N3O2S2. The van der Waals surface area contributed by atoms with E-state index in [1.165, 1.54) is 28.0 Å². The summed E-state index contributed by atoms with van der Waals surface area (Å²) in [4.78, 5) is 28.2. The van der Waals surface area contributed by atoms with E-state index in [1.54, 1.807) is 6.20 Å². The van der Waals surface area contributed by atoms with Crippen molar-refractivity contribution in [2.45, 2.75) is 17.1 Å². The predicted octanol–water partition coefficient (Wildman–Crippen LogP) is 0.966. The molecule has 2 rings (SSSR count). The number of likely N-dealkylation sites (tertiary alicyclic amines) is 1. The van der Waals surface area contributed by atoms with Crippen molar-refractivity contribution in [1.29, 1.82) is 0 Å². The fourth-order valence-corrected chi connectivity index (χ4v) is 3.10. The summed E-state index contributed by atoms with van der Waals surface area (Å²) in [6, 6.07) is 0. The second-order valence-electron chi connectivity index (χ2n) is 3.35. The number of nitrogens with zero attached hydrogens (tertiary/aromatic N) is 2. The van der Waals surface area contributed by atoms with E-state index in [4.69, 9.17) is 5.73 Å². The van der Waals surface area contributed by atoms with Crippen LogP contribution in [0.2, 0.25) is 0 Å². The summed E-state index contributed by atoms with van der Waals surface area (Å²) in [5, 5.41) is 0.493. The van der Waals surface area contributed by atoms with Gasteiger partial charge in [-0.15, -0.1) is 11.8 Å². The van der Waals surface area contributed by atoms with E-state index in [1.807, 2.05) is 0 Å². The van der Waals surface area contributed by atoms with Crippen LogP contribution in [-0.2, 0) is 9.59 Å². The maximum Gasteiger partial charge on any atom is 0.239 e. The largest absolute Gasteiger partial charge is 0.375 e. The molecule has 1 aromatic heterocycles. The molecule has 1 saturated heterocycles. The molecule has 0 atom stereocenters. The molecule has 0 aromatic carbocycles. The predicted molar refractivity (Wildman–Crippen MR) is 63.2 cm³/mol. The minimum atomic E-state index is -0.125. The van der Waals surface area contributed by atoms with Crippen LogP contribution in [0, 0.1) is 0 Å². The van der Waals surface area contributed by atoms with E-state index < -0.39 is 0 Å². The summed E-state index contributed by atoms with van der Waals surface area (Å²) in [6.07, 6.45) is 2.91. The van der Waals surface area contributed by atoms with Crippen molar-refractivity contribution >= 4 is 40.0 Å². The minimum Gasteiger partial charge on any atom is -0.375 e. The number of rotatable bonds is 3. The molecule has 2 amide bonds. The number of amides is 2.